The number of rotatable bonds is 8. The zero-order valence-corrected chi connectivity index (χ0v) is 17.3. The van der Waals surface area contributed by atoms with Crippen LogP contribution in [0.2, 0.25) is 0 Å². The van der Waals surface area contributed by atoms with Gasteiger partial charge in [-0.1, -0.05) is 31.0 Å². The van der Waals surface area contributed by atoms with E-state index in [2.05, 4.69) is 10.6 Å². The highest BCUT2D eigenvalue weighted by Gasteiger charge is 2.33. The van der Waals surface area contributed by atoms with Gasteiger partial charge in [0.2, 0.25) is 5.91 Å². The van der Waals surface area contributed by atoms with Gasteiger partial charge in [0, 0.05) is 24.0 Å². The number of aromatic nitrogens is 1. The third kappa shape index (κ3) is 4.81. The lowest BCUT2D eigenvalue weighted by molar-refractivity contribution is -0.144. The number of nitrogens with zero attached hydrogens (tertiary/aromatic N) is 1. The summed E-state index contributed by atoms with van der Waals surface area (Å²) >= 11 is 0. The lowest BCUT2D eigenvalue weighted by Crippen LogP contribution is -2.53. The number of carbonyl (C=O) groups excluding carboxylic acids is 2. The largest absolute Gasteiger partial charge is 0.481 e. The smallest absolute Gasteiger partial charge is 0.308 e. The van der Waals surface area contributed by atoms with E-state index in [0.29, 0.717) is 37.9 Å². The summed E-state index contributed by atoms with van der Waals surface area (Å²) in [5, 5.41) is 16.1. The normalized spacial score (nSPS) is 19.9. The molecule has 1 aliphatic rings. The monoisotopic (exact) mass is 414 g/mol. The van der Waals surface area contributed by atoms with Crippen LogP contribution in [0.4, 0.5) is 0 Å². The highest BCUT2D eigenvalue weighted by Crippen LogP contribution is 2.25. The van der Waals surface area contributed by atoms with E-state index < -0.39 is 24.0 Å². The fourth-order valence-electron chi connectivity index (χ4n) is 4.21. The molecule has 162 valence electrons. The SMILES string of the molecule is Cn1c(C(=O)NC(CCCN)C(=O)NC2CCCCC2C(=O)O)cc2ccccc21. The molecule has 0 bridgehead atoms. The zero-order chi connectivity index (χ0) is 21.7. The molecule has 2 aromatic rings. The minimum atomic E-state index is -0.891. The maximum absolute atomic E-state index is 12.9. The average Bonchev–Trinajstić information content (AvgIpc) is 3.08. The van der Waals surface area contributed by atoms with Crippen LogP contribution < -0.4 is 16.4 Å². The Morgan fingerprint density at radius 3 is 2.67 bits per heavy atom. The van der Waals surface area contributed by atoms with E-state index in [1.807, 2.05) is 31.3 Å². The molecule has 0 spiro atoms. The number of amides is 2. The standard InChI is InChI=1S/C22H30N4O4/c1-26-18-11-5-2-7-14(18)13-19(26)21(28)25-17(10-6-12-23)20(27)24-16-9-4-3-8-15(16)22(29)30/h2,5,7,11,13,15-17H,3-4,6,8-10,12,23H2,1H3,(H,24,27)(H,25,28)(H,29,30). The molecule has 1 aromatic heterocycles. The summed E-state index contributed by atoms with van der Waals surface area (Å²) in [6, 6.07) is 8.29. The van der Waals surface area contributed by atoms with Gasteiger partial charge >= 0.3 is 5.97 Å². The van der Waals surface area contributed by atoms with Crippen molar-refractivity contribution in [3.8, 4) is 0 Å². The van der Waals surface area contributed by atoms with E-state index in [4.69, 9.17) is 5.73 Å². The Balaban J connectivity index is 1.74. The molecule has 1 heterocycles. The molecule has 3 atom stereocenters. The Morgan fingerprint density at radius 2 is 1.97 bits per heavy atom. The van der Waals surface area contributed by atoms with Crippen LogP contribution in [-0.2, 0) is 16.6 Å². The molecule has 0 aliphatic heterocycles. The van der Waals surface area contributed by atoms with E-state index in [9.17, 15) is 19.5 Å². The Bertz CT molecular complexity index is 923. The van der Waals surface area contributed by atoms with Crippen molar-refractivity contribution in [3.63, 3.8) is 0 Å². The van der Waals surface area contributed by atoms with E-state index in [-0.39, 0.29) is 11.8 Å². The molecule has 2 amide bonds. The summed E-state index contributed by atoms with van der Waals surface area (Å²) in [7, 11) is 1.81. The van der Waals surface area contributed by atoms with Crippen molar-refractivity contribution >= 4 is 28.7 Å². The highest BCUT2D eigenvalue weighted by molar-refractivity contribution is 6.00. The predicted octanol–water partition coefficient (Wildman–Crippen LogP) is 1.78. The first-order chi connectivity index (χ1) is 14.4. The number of nitrogens with two attached hydrogens (primary N) is 1. The highest BCUT2D eigenvalue weighted by atomic mass is 16.4. The van der Waals surface area contributed by atoms with Gasteiger partial charge in [0.1, 0.15) is 11.7 Å². The molecule has 8 nitrogen and oxygen atoms in total. The third-order valence-electron chi connectivity index (χ3n) is 5.91. The minimum absolute atomic E-state index is 0.343. The quantitative estimate of drug-likeness (QED) is 0.524. The van der Waals surface area contributed by atoms with Crippen LogP contribution in [0, 0.1) is 5.92 Å². The lowest BCUT2D eigenvalue weighted by atomic mass is 9.84. The number of carboxylic acid groups (broad SMARTS) is 1. The summed E-state index contributed by atoms with van der Waals surface area (Å²) in [4.78, 5) is 37.4. The third-order valence-corrected chi connectivity index (χ3v) is 5.91. The molecule has 5 N–H and O–H groups in total. The first-order valence-corrected chi connectivity index (χ1v) is 10.5. The first kappa shape index (κ1) is 21.8. The number of carbonyl (C=O) groups is 3. The summed E-state index contributed by atoms with van der Waals surface area (Å²) in [5.41, 5.74) is 7.00. The molecular weight excluding hydrogens is 384 g/mol. The Hall–Kier alpha value is -2.87. The van der Waals surface area contributed by atoms with Gasteiger partial charge in [-0.2, -0.15) is 0 Å². The van der Waals surface area contributed by atoms with Crippen LogP contribution in [-0.4, -0.2) is 46.1 Å². The van der Waals surface area contributed by atoms with Gasteiger partial charge in [0.15, 0.2) is 0 Å². The number of benzene rings is 1. The fraction of sp³-hybridized carbons (Fsp3) is 0.500. The van der Waals surface area contributed by atoms with Gasteiger partial charge in [-0.25, -0.2) is 0 Å². The van der Waals surface area contributed by atoms with Crippen molar-refractivity contribution < 1.29 is 19.5 Å². The number of hydrogen-bond acceptors (Lipinski definition) is 4. The van der Waals surface area contributed by atoms with Crippen molar-refractivity contribution in [1.82, 2.24) is 15.2 Å². The van der Waals surface area contributed by atoms with Gasteiger partial charge in [-0.3, -0.25) is 14.4 Å². The average molecular weight is 415 g/mol. The Kier molecular flexibility index (Phi) is 7.10. The number of fused-ring (bicyclic) bond motifs is 1. The van der Waals surface area contributed by atoms with E-state index >= 15 is 0 Å². The topological polar surface area (TPSA) is 126 Å². The molecule has 8 heteroatoms. The van der Waals surface area contributed by atoms with E-state index in [1.165, 1.54) is 0 Å². The first-order valence-electron chi connectivity index (χ1n) is 10.5. The van der Waals surface area contributed by atoms with Crippen LogP contribution in [0.25, 0.3) is 10.9 Å². The van der Waals surface area contributed by atoms with Gasteiger partial charge in [0.05, 0.1) is 5.92 Å². The van der Waals surface area contributed by atoms with Crippen molar-refractivity contribution in [1.29, 1.82) is 0 Å². The van der Waals surface area contributed by atoms with Crippen molar-refractivity contribution in [2.24, 2.45) is 18.7 Å². The van der Waals surface area contributed by atoms with E-state index in [1.54, 1.807) is 10.6 Å². The molecule has 30 heavy (non-hydrogen) atoms. The number of aliphatic carboxylic acids is 1. The summed E-state index contributed by atoms with van der Waals surface area (Å²) in [6.07, 6.45) is 3.87. The van der Waals surface area contributed by atoms with Gasteiger partial charge < -0.3 is 26.0 Å². The summed E-state index contributed by atoms with van der Waals surface area (Å²) in [6.45, 7) is 0.398. The van der Waals surface area contributed by atoms with Crippen LogP contribution in [0.1, 0.15) is 49.0 Å². The van der Waals surface area contributed by atoms with Gasteiger partial charge in [0.25, 0.3) is 5.91 Å². The predicted molar refractivity (Wildman–Crippen MR) is 114 cm³/mol. The molecule has 1 fully saturated rings. The number of para-hydroxylation sites is 1. The second kappa shape index (κ2) is 9.75. The van der Waals surface area contributed by atoms with Gasteiger partial charge in [-0.15, -0.1) is 0 Å². The van der Waals surface area contributed by atoms with Crippen LogP contribution in [0.15, 0.2) is 30.3 Å². The molecule has 1 aliphatic carbocycles. The van der Waals surface area contributed by atoms with Crippen LogP contribution in [0.5, 0.6) is 0 Å². The number of nitrogens with one attached hydrogen (secondary N) is 2. The van der Waals surface area contributed by atoms with Crippen molar-refractivity contribution in [2.45, 2.75) is 50.6 Å². The van der Waals surface area contributed by atoms with Crippen molar-refractivity contribution in [2.75, 3.05) is 6.54 Å². The molecule has 3 rings (SSSR count). The molecule has 1 aromatic carbocycles. The maximum atomic E-state index is 12.9. The second-order valence-corrected chi connectivity index (χ2v) is 7.95. The fourth-order valence-corrected chi connectivity index (χ4v) is 4.21. The molecule has 0 radical (unpaired) electrons. The minimum Gasteiger partial charge on any atom is -0.481 e. The van der Waals surface area contributed by atoms with Crippen molar-refractivity contribution in [3.05, 3.63) is 36.0 Å². The Labute approximate surface area is 175 Å². The number of aryl methyl sites for hydroxylation is 1. The van der Waals surface area contributed by atoms with Gasteiger partial charge in [-0.05, 0) is 44.4 Å². The number of carboxylic acids is 1. The Morgan fingerprint density at radius 1 is 1.23 bits per heavy atom. The number of hydrogen-bond donors (Lipinski definition) is 4. The van der Waals surface area contributed by atoms with E-state index in [0.717, 1.165) is 23.7 Å². The molecular formula is C22H30N4O4. The molecule has 0 saturated heterocycles. The lowest BCUT2D eigenvalue weighted by Gasteiger charge is -2.31. The molecule has 3 unspecified atom stereocenters. The van der Waals surface area contributed by atoms with Crippen LogP contribution >= 0.6 is 0 Å². The maximum Gasteiger partial charge on any atom is 0.308 e. The second-order valence-electron chi connectivity index (χ2n) is 7.95. The zero-order valence-electron chi connectivity index (χ0n) is 17.3. The summed E-state index contributed by atoms with van der Waals surface area (Å²) < 4.78 is 1.80. The molecule has 1 saturated carbocycles. The van der Waals surface area contributed by atoms with Crippen LogP contribution in [0.3, 0.4) is 0 Å². The summed E-state index contributed by atoms with van der Waals surface area (Å²) in [5.74, 6) is -2.18.